The molecule has 0 aromatic carbocycles. The molecule has 0 rings (SSSR count). The molecule has 1 atom stereocenters. The van der Waals surface area contributed by atoms with Crippen molar-refractivity contribution in [2.45, 2.75) is 348 Å². The van der Waals surface area contributed by atoms with E-state index in [1.807, 2.05) is 0 Å². The van der Waals surface area contributed by atoms with Crippen LogP contribution >= 0.6 is 0 Å². The predicted molar refractivity (Wildman–Crippen MR) is 289 cm³/mol. The van der Waals surface area contributed by atoms with E-state index in [9.17, 15) is 14.4 Å². The molecule has 0 saturated heterocycles. The Labute approximate surface area is 418 Å². The predicted octanol–water partition coefficient (Wildman–Crippen LogP) is 20.1. The minimum Gasteiger partial charge on any atom is -0.462 e. The Hall–Kier alpha value is -1.85. The van der Waals surface area contributed by atoms with Crippen LogP contribution in [0.3, 0.4) is 0 Å². The molecule has 0 bridgehead atoms. The number of ether oxygens (including phenoxy) is 3. The molecular formula is C61H116O6. The van der Waals surface area contributed by atoms with Gasteiger partial charge in [0.1, 0.15) is 13.2 Å². The van der Waals surface area contributed by atoms with Crippen molar-refractivity contribution in [2.24, 2.45) is 0 Å². The third-order valence-corrected chi connectivity index (χ3v) is 13.8. The maximum Gasteiger partial charge on any atom is 0.306 e. The van der Waals surface area contributed by atoms with Crippen molar-refractivity contribution in [3.05, 3.63) is 12.2 Å². The number of carbonyl (C=O) groups excluding carboxylic acids is 3. The van der Waals surface area contributed by atoms with Crippen molar-refractivity contribution in [1.82, 2.24) is 0 Å². The normalized spacial score (nSPS) is 12.0. The van der Waals surface area contributed by atoms with Crippen LogP contribution in [-0.4, -0.2) is 37.2 Å². The molecule has 6 heteroatoms. The molecule has 0 aliphatic carbocycles. The largest absolute Gasteiger partial charge is 0.462 e. The van der Waals surface area contributed by atoms with Gasteiger partial charge in [-0.25, -0.2) is 0 Å². The lowest BCUT2D eigenvalue weighted by Gasteiger charge is -2.18. The van der Waals surface area contributed by atoms with Gasteiger partial charge in [-0.1, -0.05) is 290 Å². The second-order valence-electron chi connectivity index (χ2n) is 20.6. The molecule has 0 aliphatic rings. The van der Waals surface area contributed by atoms with Crippen LogP contribution in [0, 0.1) is 0 Å². The lowest BCUT2D eigenvalue weighted by molar-refractivity contribution is -0.167. The van der Waals surface area contributed by atoms with Crippen molar-refractivity contribution in [3.63, 3.8) is 0 Å². The number of hydrogen-bond acceptors (Lipinski definition) is 6. The summed E-state index contributed by atoms with van der Waals surface area (Å²) in [7, 11) is 0. The zero-order chi connectivity index (χ0) is 48.6. The van der Waals surface area contributed by atoms with E-state index in [0.29, 0.717) is 19.3 Å². The fraction of sp³-hybridized carbons (Fsp3) is 0.918. The van der Waals surface area contributed by atoms with Crippen LogP contribution in [0.25, 0.3) is 0 Å². The summed E-state index contributed by atoms with van der Waals surface area (Å²) in [4.78, 5) is 38.0. The van der Waals surface area contributed by atoms with Crippen LogP contribution in [0.5, 0.6) is 0 Å². The zero-order valence-electron chi connectivity index (χ0n) is 45.5. The first-order valence-electron chi connectivity index (χ1n) is 30.2. The van der Waals surface area contributed by atoms with Crippen molar-refractivity contribution in [3.8, 4) is 0 Å². The Kier molecular flexibility index (Phi) is 55.2. The standard InChI is InChI=1S/C61H116O6/c1-4-7-10-13-16-18-20-22-24-26-28-29-30-31-33-34-36-38-40-42-45-48-51-54-60(63)66-57-58(56-65-59(62)53-50-47-44-15-12-9-6-3)67-61(64)55-52-49-46-43-41-39-37-35-32-27-25-23-21-19-17-14-11-8-5-2/h26,28,58H,4-25,27,29-57H2,1-3H3/b28-26-. The van der Waals surface area contributed by atoms with Crippen molar-refractivity contribution < 1.29 is 28.6 Å². The molecular weight excluding hydrogens is 829 g/mol. The van der Waals surface area contributed by atoms with Gasteiger partial charge in [0.15, 0.2) is 6.10 Å². The van der Waals surface area contributed by atoms with E-state index >= 15 is 0 Å². The number of rotatable bonds is 56. The third kappa shape index (κ3) is 55.0. The van der Waals surface area contributed by atoms with Crippen molar-refractivity contribution >= 4 is 17.9 Å². The molecule has 0 saturated carbocycles. The van der Waals surface area contributed by atoms with Gasteiger partial charge in [-0.15, -0.1) is 0 Å². The summed E-state index contributed by atoms with van der Waals surface area (Å²) < 4.78 is 16.8. The molecule has 6 nitrogen and oxygen atoms in total. The average molecular weight is 946 g/mol. The van der Waals surface area contributed by atoms with Crippen LogP contribution in [0.2, 0.25) is 0 Å². The molecule has 0 aliphatic heterocycles. The van der Waals surface area contributed by atoms with Gasteiger partial charge >= 0.3 is 17.9 Å². The Bertz CT molecular complexity index is 1040. The summed E-state index contributed by atoms with van der Waals surface area (Å²) >= 11 is 0. The molecule has 0 radical (unpaired) electrons. The van der Waals surface area contributed by atoms with E-state index in [4.69, 9.17) is 14.2 Å². The van der Waals surface area contributed by atoms with Gasteiger partial charge in [-0.2, -0.15) is 0 Å². The molecule has 0 aromatic rings. The van der Waals surface area contributed by atoms with E-state index in [0.717, 1.165) is 57.8 Å². The highest BCUT2D eigenvalue weighted by Gasteiger charge is 2.19. The Morgan fingerprint density at radius 1 is 0.284 bits per heavy atom. The molecule has 0 heterocycles. The van der Waals surface area contributed by atoms with Crippen LogP contribution in [0.4, 0.5) is 0 Å². The third-order valence-electron chi connectivity index (χ3n) is 13.8. The van der Waals surface area contributed by atoms with Crippen LogP contribution < -0.4 is 0 Å². The minimum atomic E-state index is -0.763. The topological polar surface area (TPSA) is 78.9 Å². The second kappa shape index (κ2) is 56.7. The number of allylic oxidation sites excluding steroid dienone is 2. The smallest absolute Gasteiger partial charge is 0.306 e. The first-order chi connectivity index (χ1) is 33.0. The summed E-state index contributed by atoms with van der Waals surface area (Å²) in [5.41, 5.74) is 0. The molecule has 0 fully saturated rings. The number of hydrogen-bond donors (Lipinski definition) is 0. The lowest BCUT2D eigenvalue weighted by atomic mass is 10.0. The van der Waals surface area contributed by atoms with Crippen molar-refractivity contribution in [2.75, 3.05) is 13.2 Å². The van der Waals surface area contributed by atoms with Gasteiger partial charge in [0.05, 0.1) is 0 Å². The van der Waals surface area contributed by atoms with E-state index in [1.54, 1.807) is 0 Å². The summed E-state index contributed by atoms with van der Waals surface area (Å²) in [5, 5.41) is 0. The van der Waals surface area contributed by atoms with Gasteiger partial charge in [0, 0.05) is 19.3 Å². The summed E-state index contributed by atoms with van der Waals surface area (Å²) in [6.45, 7) is 6.66. The summed E-state index contributed by atoms with van der Waals surface area (Å²) in [6, 6.07) is 0. The highest BCUT2D eigenvalue weighted by molar-refractivity contribution is 5.71. The number of esters is 3. The fourth-order valence-corrected chi connectivity index (χ4v) is 9.21. The van der Waals surface area contributed by atoms with Gasteiger partial charge in [0.25, 0.3) is 0 Å². The maximum atomic E-state index is 12.8. The molecule has 0 amide bonds. The zero-order valence-corrected chi connectivity index (χ0v) is 45.5. The number of carbonyl (C=O) groups is 3. The minimum absolute atomic E-state index is 0.0649. The van der Waals surface area contributed by atoms with E-state index in [-0.39, 0.29) is 31.1 Å². The van der Waals surface area contributed by atoms with E-state index in [2.05, 4.69) is 32.9 Å². The van der Waals surface area contributed by atoms with Gasteiger partial charge < -0.3 is 14.2 Å². The molecule has 0 N–H and O–H groups in total. The van der Waals surface area contributed by atoms with Crippen LogP contribution in [0.1, 0.15) is 342 Å². The van der Waals surface area contributed by atoms with E-state index in [1.165, 1.54) is 244 Å². The monoisotopic (exact) mass is 945 g/mol. The first-order valence-corrected chi connectivity index (χ1v) is 30.2. The Morgan fingerprint density at radius 3 is 0.746 bits per heavy atom. The van der Waals surface area contributed by atoms with Crippen molar-refractivity contribution in [1.29, 1.82) is 0 Å². The van der Waals surface area contributed by atoms with Gasteiger partial charge in [-0.3, -0.25) is 14.4 Å². The molecule has 0 spiro atoms. The molecule has 396 valence electrons. The molecule has 67 heavy (non-hydrogen) atoms. The maximum absolute atomic E-state index is 12.8. The van der Waals surface area contributed by atoms with Gasteiger partial charge in [0.2, 0.25) is 0 Å². The summed E-state index contributed by atoms with van der Waals surface area (Å²) in [5.74, 6) is -0.848. The quantitative estimate of drug-likeness (QED) is 0.0262. The van der Waals surface area contributed by atoms with E-state index < -0.39 is 6.10 Å². The Balaban J connectivity index is 4.10. The van der Waals surface area contributed by atoms with Crippen LogP contribution in [-0.2, 0) is 28.6 Å². The highest BCUT2D eigenvalue weighted by Crippen LogP contribution is 2.17. The van der Waals surface area contributed by atoms with Crippen LogP contribution in [0.15, 0.2) is 12.2 Å². The highest BCUT2D eigenvalue weighted by atomic mass is 16.6. The second-order valence-corrected chi connectivity index (χ2v) is 20.6. The SMILES string of the molecule is CCCCCCCCCC/C=C\CCCCCCCCCCCCCC(=O)OCC(COC(=O)CCCCCCCCC)OC(=O)CCCCCCCCCCCCCCCCCCCCC. The molecule has 1 unspecified atom stereocenters. The first kappa shape index (κ1) is 65.1. The summed E-state index contributed by atoms with van der Waals surface area (Å²) in [6.07, 6.45) is 65.2. The lowest BCUT2D eigenvalue weighted by Crippen LogP contribution is -2.30. The number of unbranched alkanes of at least 4 members (excludes halogenated alkanes) is 43. The Morgan fingerprint density at radius 2 is 0.493 bits per heavy atom. The fourth-order valence-electron chi connectivity index (χ4n) is 9.21. The average Bonchev–Trinajstić information content (AvgIpc) is 3.33. The molecule has 0 aromatic heterocycles. The van der Waals surface area contributed by atoms with Gasteiger partial charge in [-0.05, 0) is 44.9 Å².